The summed E-state index contributed by atoms with van der Waals surface area (Å²) in [5.41, 5.74) is 0.878. The number of hydrogen-bond acceptors (Lipinski definition) is 4. The molecule has 0 bridgehead atoms. The first-order chi connectivity index (χ1) is 26.9. The van der Waals surface area contributed by atoms with Crippen LogP contribution >= 0.6 is 0 Å². The van der Waals surface area contributed by atoms with E-state index in [1.807, 2.05) is 0 Å². The Hall–Kier alpha value is -6.94. The molecule has 0 amide bonds. The van der Waals surface area contributed by atoms with Gasteiger partial charge in [0.2, 0.25) is 0 Å². The van der Waals surface area contributed by atoms with Crippen LogP contribution < -0.4 is 9.80 Å². The molecular weight excluding hydrogens is 727 g/mol. The molecule has 0 aliphatic carbocycles. The van der Waals surface area contributed by atoms with Crippen molar-refractivity contribution in [1.29, 1.82) is 0 Å². The van der Waals surface area contributed by atoms with Gasteiger partial charge in [-0.25, -0.2) is 0 Å². The first-order valence-corrected chi connectivity index (χ1v) is 17.3. The highest BCUT2D eigenvalue weighted by molar-refractivity contribution is 6.19. The smallest absolute Gasteiger partial charge is 0.310 e. The zero-order valence-electron chi connectivity index (χ0n) is 29.3. The third kappa shape index (κ3) is 7.81. The molecule has 0 saturated heterocycles. The molecule has 0 aromatic heterocycles. The van der Waals surface area contributed by atoms with Crippen molar-refractivity contribution >= 4 is 45.7 Å². The highest BCUT2D eigenvalue weighted by Crippen LogP contribution is 2.45. The van der Waals surface area contributed by atoms with E-state index in [0.29, 0.717) is 22.7 Å². The summed E-state index contributed by atoms with van der Waals surface area (Å²) in [5.74, 6) is -1.28. The van der Waals surface area contributed by atoms with Gasteiger partial charge in [-0.2, -0.15) is 26.3 Å². The Kier molecular flexibility index (Phi) is 10.3. The average Bonchev–Trinajstić information content (AvgIpc) is 3.22. The molecule has 0 radical (unpaired) electrons. The molecule has 0 fully saturated rings. The van der Waals surface area contributed by atoms with Gasteiger partial charge in [0.05, 0.1) is 22.5 Å². The van der Waals surface area contributed by atoms with Gasteiger partial charge in [0, 0.05) is 45.0 Å². The third-order valence-corrected chi connectivity index (χ3v) is 9.09. The number of carbonyl (C=O) groups excluding carboxylic acids is 2. The van der Waals surface area contributed by atoms with E-state index in [0.717, 1.165) is 48.5 Å². The van der Waals surface area contributed by atoms with Crippen LogP contribution in [0.1, 0.15) is 43.0 Å². The van der Waals surface area contributed by atoms with Crippen LogP contribution in [-0.2, 0) is 12.4 Å². The van der Waals surface area contributed by atoms with Gasteiger partial charge < -0.3 is 9.80 Å². The maximum absolute atomic E-state index is 14.8. The van der Waals surface area contributed by atoms with E-state index in [2.05, 4.69) is 0 Å². The molecule has 0 unspecified atom stereocenters. The molecule has 0 spiro atoms. The van der Waals surface area contributed by atoms with E-state index in [4.69, 9.17) is 0 Å². The van der Waals surface area contributed by atoms with Gasteiger partial charge in [0.1, 0.15) is 0 Å². The molecule has 0 aliphatic rings. The Morgan fingerprint density at radius 2 is 0.607 bits per heavy atom. The van der Waals surface area contributed by atoms with Gasteiger partial charge in [-0.3, -0.25) is 9.59 Å². The lowest BCUT2D eigenvalue weighted by atomic mass is 9.92. The number of anilines is 6. The number of ketones is 2. The number of rotatable bonds is 10. The molecular formula is C46H30F6N2O2. The summed E-state index contributed by atoms with van der Waals surface area (Å²) < 4.78 is 81.7. The quantitative estimate of drug-likeness (QED) is 0.103. The van der Waals surface area contributed by atoms with Crippen LogP contribution in [0.2, 0.25) is 0 Å². The largest absolute Gasteiger partial charge is 0.416 e. The maximum atomic E-state index is 14.8. The monoisotopic (exact) mass is 756 g/mol. The van der Waals surface area contributed by atoms with Crippen molar-refractivity contribution in [1.82, 2.24) is 0 Å². The van der Waals surface area contributed by atoms with Crippen molar-refractivity contribution < 1.29 is 35.9 Å². The van der Waals surface area contributed by atoms with Crippen LogP contribution in [0.15, 0.2) is 182 Å². The van der Waals surface area contributed by atoms with Crippen LogP contribution in [0.5, 0.6) is 0 Å². The van der Waals surface area contributed by atoms with Gasteiger partial charge >= 0.3 is 12.4 Å². The highest BCUT2D eigenvalue weighted by Gasteiger charge is 2.33. The fourth-order valence-corrected chi connectivity index (χ4v) is 6.41. The minimum absolute atomic E-state index is 0.0355. The van der Waals surface area contributed by atoms with Gasteiger partial charge in [-0.1, -0.05) is 97.1 Å². The lowest BCUT2D eigenvalue weighted by molar-refractivity contribution is -0.138. The summed E-state index contributed by atoms with van der Waals surface area (Å²) in [6, 6.07) is 46.7. The topological polar surface area (TPSA) is 40.6 Å². The second kappa shape index (κ2) is 15.4. The number of benzene rings is 7. The molecule has 7 aromatic rings. The van der Waals surface area contributed by atoms with Crippen molar-refractivity contribution in [3.63, 3.8) is 0 Å². The maximum Gasteiger partial charge on any atom is 0.416 e. The van der Waals surface area contributed by atoms with Crippen LogP contribution in [0, 0.1) is 0 Å². The Bertz CT molecular complexity index is 2200. The number of halogens is 6. The number of para-hydroxylation sites is 4. The molecule has 0 heterocycles. The number of alkyl halides is 6. The predicted molar refractivity (Wildman–Crippen MR) is 206 cm³/mol. The second-order valence-corrected chi connectivity index (χ2v) is 12.7. The SMILES string of the molecule is O=C(c1ccc(C(F)(F)F)cc1)c1cc(N(c2ccccc2)c2ccccc2)c(C(=O)c2ccc(C(F)(F)F)cc2)cc1N(c1ccccc1)c1ccccc1. The fraction of sp³-hybridized carbons (Fsp3) is 0.0435. The predicted octanol–water partition coefficient (Wildman–Crippen LogP) is 13.1. The van der Waals surface area contributed by atoms with E-state index in [1.54, 1.807) is 131 Å². The average molecular weight is 757 g/mol. The van der Waals surface area contributed by atoms with Gasteiger partial charge in [0.25, 0.3) is 0 Å². The summed E-state index contributed by atoms with van der Waals surface area (Å²) in [6.07, 6.45) is -9.27. The van der Waals surface area contributed by atoms with Crippen molar-refractivity contribution in [2.45, 2.75) is 12.4 Å². The summed E-state index contributed by atoms with van der Waals surface area (Å²) >= 11 is 0. The van der Waals surface area contributed by atoms with E-state index in [9.17, 15) is 35.9 Å². The summed E-state index contributed by atoms with van der Waals surface area (Å²) in [7, 11) is 0. The molecule has 7 rings (SSSR count). The van der Waals surface area contributed by atoms with E-state index < -0.39 is 35.0 Å². The van der Waals surface area contributed by atoms with E-state index in [1.165, 1.54) is 12.1 Å². The van der Waals surface area contributed by atoms with Crippen molar-refractivity contribution in [2.75, 3.05) is 9.80 Å². The molecule has 0 aliphatic heterocycles. The third-order valence-electron chi connectivity index (χ3n) is 9.09. The van der Waals surface area contributed by atoms with Crippen LogP contribution in [0.4, 0.5) is 60.5 Å². The second-order valence-electron chi connectivity index (χ2n) is 12.7. The molecule has 7 aromatic carbocycles. The molecule has 278 valence electrons. The lowest BCUT2D eigenvalue weighted by Crippen LogP contribution is -2.20. The van der Waals surface area contributed by atoms with Gasteiger partial charge in [0.15, 0.2) is 11.6 Å². The Morgan fingerprint density at radius 1 is 0.357 bits per heavy atom. The molecule has 4 nitrogen and oxygen atoms in total. The summed E-state index contributed by atoms with van der Waals surface area (Å²) in [6.45, 7) is 0. The van der Waals surface area contributed by atoms with Crippen molar-refractivity contribution in [2.24, 2.45) is 0 Å². The Balaban J connectivity index is 1.56. The first kappa shape index (κ1) is 37.4. The zero-order valence-corrected chi connectivity index (χ0v) is 29.3. The van der Waals surface area contributed by atoms with E-state index >= 15 is 0 Å². The van der Waals surface area contributed by atoms with Crippen LogP contribution in [0.3, 0.4) is 0 Å². The summed E-state index contributed by atoms with van der Waals surface area (Å²) in [4.78, 5) is 33.1. The van der Waals surface area contributed by atoms with Crippen molar-refractivity contribution in [3.05, 3.63) is 215 Å². The molecule has 56 heavy (non-hydrogen) atoms. The molecule has 0 saturated carbocycles. The molecule has 10 heteroatoms. The first-order valence-electron chi connectivity index (χ1n) is 17.3. The molecule has 0 N–H and O–H groups in total. The molecule has 0 atom stereocenters. The fourth-order valence-electron chi connectivity index (χ4n) is 6.41. The van der Waals surface area contributed by atoms with E-state index in [-0.39, 0.29) is 33.6 Å². The van der Waals surface area contributed by atoms with Gasteiger partial charge in [-0.15, -0.1) is 0 Å². The van der Waals surface area contributed by atoms with Gasteiger partial charge in [-0.05, 0) is 84.9 Å². The van der Waals surface area contributed by atoms with Crippen molar-refractivity contribution in [3.8, 4) is 0 Å². The number of hydrogen-bond donors (Lipinski definition) is 0. The Labute approximate surface area is 318 Å². The minimum Gasteiger partial charge on any atom is -0.310 e. The zero-order chi connectivity index (χ0) is 39.5. The van der Waals surface area contributed by atoms with Crippen LogP contribution in [-0.4, -0.2) is 11.6 Å². The lowest BCUT2D eigenvalue weighted by Gasteiger charge is -2.32. The standard InChI is InChI=1S/C46H30F6N2O2/c47-45(48,49)33-25-21-31(22-26-33)43(55)39-30-42(54(37-17-9-3-10-18-37)38-19-11-4-12-20-38)40(44(56)32-23-27-34(28-24-32)46(50,51)52)29-41(39)53(35-13-5-1-6-14-35)36-15-7-2-8-16-36/h1-30H. The minimum atomic E-state index is -4.64. The number of nitrogens with zero attached hydrogens (tertiary/aromatic N) is 2. The highest BCUT2D eigenvalue weighted by atomic mass is 19.4. The normalized spacial score (nSPS) is 11.5. The van der Waals surface area contributed by atoms with Crippen LogP contribution in [0.25, 0.3) is 0 Å². The summed E-state index contributed by atoms with van der Waals surface area (Å²) in [5, 5.41) is 0. The Morgan fingerprint density at radius 3 is 0.839 bits per heavy atom. The number of carbonyl (C=O) groups is 2.